The Bertz CT molecular complexity index is 1210. The number of fused-ring (bicyclic) bond motifs is 1. The van der Waals surface area contributed by atoms with E-state index in [4.69, 9.17) is 11.6 Å². The molecule has 1 heterocycles. The molecule has 0 bridgehead atoms. The van der Waals surface area contributed by atoms with Crippen molar-refractivity contribution in [1.82, 2.24) is 5.32 Å². The van der Waals surface area contributed by atoms with Gasteiger partial charge in [0.15, 0.2) is 0 Å². The largest absolute Gasteiger partial charge is 0.349 e. The molecule has 2 amide bonds. The van der Waals surface area contributed by atoms with Crippen LogP contribution in [0.1, 0.15) is 34.8 Å². The minimum absolute atomic E-state index is 0.0369. The Kier molecular flexibility index (Phi) is 7.21. The Morgan fingerprint density at radius 2 is 1.82 bits per heavy atom. The Morgan fingerprint density at radius 1 is 1.09 bits per heavy atom. The number of halogens is 1. The standard InChI is InChI=1S/C27H25ClN2O2S/c1-3-21(15-18-9-5-4-6-10-18)29-26(31)20-13-14-24-23(16-20)30(2)27(32)25(33-24)17-19-11-7-8-12-22(19)28/h4-14,16-17,21H,3,15H2,1-2H3,(H,29,31)/b25-17+. The molecule has 168 valence electrons. The Hall–Kier alpha value is -3.02. The highest BCUT2D eigenvalue weighted by Crippen LogP contribution is 2.42. The van der Waals surface area contributed by atoms with Gasteiger partial charge in [0.05, 0.1) is 10.6 Å². The molecular formula is C27H25ClN2O2S. The molecule has 0 saturated heterocycles. The van der Waals surface area contributed by atoms with Gasteiger partial charge in [-0.05, 0) is 54.3 Å². The van der Waals surface area contributed by atoms with E-state index in [9.17, 15) is 9.59 Å². The van der Waals surface area contributed by atoms with E-state index in [0.717, 1.165) is 29.0 Å². The van der Waals surface area contributed by atoms with Crippen LogP contribution in [-0.2, 0) is 11.2 Å². The topological polar surface area (TPSA) is 49.4 Å². The first-order valence-corrected chi connectivity index (χ1v) is 12.1. The second-order valence-corrected chi connectivity index (χ2v) is 9.44. The third-order valence-electron chi connectivity index (χ3n) is 5.66. The van der Waals surface area contributed by atoms with E-state index < -0.39 is 0 Å². The van der Waals surface area contributed by atoms with Gasteiger partial charge in [0.2, 0.25) is 0 Å². The van der Waals surface area contributed by atoms with E-state index in [0.29, 0.717) is 15.5 Å². The Balaban J connectivity index is 1.53. The smallest absolute Gasteiger partial charge is 0.264 e. The van der Waals surface area contributed by atoms with Gasteiger partial charge in [-0.15, -0.1) is 0 Å². The minimum atomic E-state index is -0.135. The van der Waals surface area contributed by atoms with Crippen LogP contribution in [0.3, 0.4) is 0 Å². The molecule has 3 aromatic carbocycles. The number of rotatable bonds is 6. The number of amides is 2. The van der Waals surface area contributed by atoms with Crippen LogP contribution in [-0.4, -0.2) is 24.9 Å². The van der Waals surface area contributed by atoms with Crippen LogP contribution in [0.15, 0.2) is 82.6 Å². The normalized spacial score (nSPS) is 15.3. The molecule has 1 aliphatic heterocycles. The highest BCUT2D eigenvalue weighted by atomic mass is 35.5. The highest BCUT2D eigenvalue weighted by Gasteiger charge is 2.27. The molecule has 3 aromatic rings. The average molecular weight is 477 g/mol. The summed E-state index contributed by atoms with van der Waals surface area (Å²) >= 11 is 7.66. The second-order valence-electron chi connectivity index (χ2n) is 7.95. The zero-order chi connectivity index (χ0) is 23.4. The molecule has 1 aliphatic rings. The second kappa shape index (κ2) is 10.3. The zero-order valence-electron chi connectivity index (χ0n) is 18.5. The molecule has 33 heavy (non-hydrogen) atoms. The third kappa shape index (κ3) is 5.32. The molecule has 0 spiro atoms. The summed E-state index contributed by atoms with van der Waals surface area (Å²) in [6.45, 7) is 2.07. The molecule has 0 radical (unpaired) electrons. The molecule has 0 fully saturated rings. The van der Waals surface area contributed by atoms with Crippen molar-refractivity contribution in [2.45, 2.75) is 30.7 Å². The Morgan fingerprint density at radius 3 is 2.55 bits per heavy atom. The molecule has 4 nitrogen and oxygen atoms in total. The maximum Gasteiger partial charge on any atom is 0.264 e. The zero-order valence-corrected chi connectivity index (χ0v) is 20.1. The maximum absolute atomic E-state index is 13.0. The van der Waals surface area contributed by atoms with Crippen LogP contribution in [0, 0.1) is 0 Å². The van der Waals surface area contributed by atoms with Gasteiger partial charge >= 0.3 is 0 Å². The summed E-state index contributed by atoms with van der Waals surface area (Å²) in [6.07, 6.45) is 3.42. The lowest BCUT2D eigenvalue weighted by Crippen LogP contribution is -2.36. The minimum Gasteiger partial charge on any atom is -0.349 e. The van der Waals surface area contributed by atoms with Gasteiger partial charge in [-0.1, -0.05) is 78.8 Å². The summed E-state index contributed by atoms with van der Waals surface area (Å²) < 4.78 is 0. The predicted molar refractivity (Wildman–Crippen MR) is 137 cm³/mol. The summed E-state index contributed by atoms with van der Waals surface area (Å²) in [4.78, 5) is 29.1. The molecule has 0 aromatic heterocycles. The number of thioether (sulfide) groups is 1. The summed E-state index contributed by atoms with van der Waals surface area (Å²) in [5.74, 6) is -0.260. The summed E-state index contributed by atoms with van der Waals surface area (Å²) in [5.41, 5.74) is 3.26. The van der Waals surface area contributed by atoms with E-state index >= 15 is 0 Å². The quantitative estimate of drug-likeness (QED) is 0.431. The van der Waals surface area contributed by atoms with E-state index in [-0.39, 0.29) is 17.9 Å². The van der Waals surface area contributed by atoms with E-state index in [2.05, 4.69) is 24.4 Å². The molecule has 0 saturated carbocycles. The van der Waals surface area contributed by atoms with E-state index in [1.54, 1.807) is 24.1 Å². The van der Waals surface area contributed by atoms with Crippen LogP contribution in [0.2, 0.25) is 5.02 Å². The number of hydrogen-bond acceptors (Lipinski definition) is 3. The lowest BCUT2D eigenvalue weighted by atomic mass is 10.0. The van der Waals surface area contributed by atoms with Gasteiger partial charge in [0.1, 0.15) is 0 Å². The lowest BCUT2D eigenvalue weighted by Gasteiger charge is -2.27. The maximum atomic E-state index is 13.0. The van der Waals surface area contributed by atoms with Crippen LogP contribution in [0.4, 0.5) is 5.69 Å². The average Bonchev–Trinajstić information content (AvgIpc) is 2.83. The number of benzene rings is 3. The summed E-state index contributed by atoms with van der Waals surface area (Å²) in [7, 11) is 1.73. The van der Waals surface area contributed by atoms with Crippen molar-refractivity contribution in [2.24, 2.45) is 0 Å². The number of nitrogens with zero attached hydrogens (tertiary/aromatic N) is 1. The van der Waals surface area contributed by atoms with Crippen molar-refractivity contribution >= 4 is 46.9 Å². The molecule has 1 atom stereocenters. The molecule has 6 heteroatoms. The van der Waals surface area contributed by atoms with E-state index in [1.165, 1.54) is 17.3 Å². The van der Waals surface area contributed by atoms with Crippen molar-refractivity contribution in [3.05, 3.63) is 99.4 Å². The van der Waals surface area contributed by atoms with Crippen molar-refractivity contribution < 1.29 is 9.59 Å². The SMILES string of the molecule is CCC(Cc1ccccc1)NC(=O)c1ccc2c(c1)N(C)C(=O)/C(=C\c1ccccc1Cl)S2. The van der Waals surface area contributed by atoms with Crippen LogP contribution < -0.4 is 10.2 Å². The van der Waals surface area contributed by atoms with Gasteiger partial charge in [0.25, 0.3) is 11.8 Å². The van der Waals surface area contributed by atoms with Gasteiger partial charge in [0, 0.05) is 28.6 Å². The first-order valence-electron chi connectivity index (χ1n) is 10.9. The number of hydrogen-bond donors (Lipinski definition) is 1. The van der Waals surface area contributed by atoms with Gasteiger partial charge in [-0.25, -0.2) is 0 Å². The van der Waals surface area contributed by atoms with Crippen molar-refractivity contribution in [1.29, 1.82) is 0 Å². The van der Waals surface area contributed by atoms with Crippen molar-refractivity contribution in [3.8, 4) is 0 Å². The monoisotopic (exact) mass is 476 g/mol. The van der Waals surface area contributed by atoms with Crippen LogP contribution in [0.25, 0.3) is 6.08 Å². The van der Waals surface area contributed by atoms with Crippen LogP contribution in [0.5, 0.6) is 0 Å². The molecule has 1 unspecified atom stereocenters. The first kappa shape index (κ1) is 23.1. The molecule has 1 N–H and O–H groups in total. The molecule has 4 rings (SSSR count). The first-order chi connectivity index (χ1) is 16.0. The predicted octanol–water partition coefficient (Wildman–Crippen LogP) is 6.20. The highest BCUT2D eigenvalue weighted by molar-refractivity contribution is 8.04. The van der Waals surface area contributed by atoms with Gasteiger partial charge in [-0.3, -0.25) is 9.59 Å². The number of nitrogens with one attached hydrogen (secondary N) is 1. The fraction of sp³-hybridized carbons (Fsp3) is 0.185. The third-order valence-corrected chi connectivity index (χ3v) is 7.08. The summed E-state index contributed by atoms with van der Waals surface area (Å²) in [6, 6.07) is 23.1. The summed E-state index contributed by atoms with van der Waals surface area (Å²) in [5, 5.41) is 3.73. The van der Waals surface area contributed by atoms with Crippen molar-refractivity contribution in [2.75, 3.05) is 11.9 Å². The fourth-order valence-corrected chi connectivity index (χ4v) is 5.01. The number of anilines is 1. The van der Waals surface area contributed by atoms with E-state index in [1.807, 2.05) is 54.6 Å². The lowest BCUT2D eigenvalue weighted by molar-refractivity contribution is -0.114. The number of likely N-dealkylation sites (N-methyl/N-ethyl adjacent to an activating group) is 1. The van der Waals surface area contributed by atoms with Crippen molar-refractivity contribution in [3.63, 3.8) is 0 Å². The number of carbonyl (C=O) groups is 2. The fourth-order valence-electron chi connectivity index (χ4n) is 3.73. The molecular weight excluding hydrogens is 452 g/mol. The van der Waals surface area contributed by atoms with Gasteiger partial charge < -0.3 is 10.2 Å². The van der Waals surface area contributed by atoms with Gasteiger partial charge in [-0.2, -0.15) is 0 Å². The van der Waals surface area contributed by atoms with Crippen LogP contribution >= 0.6 is 23.4 Å². The molecule has 0 aliphatic carbocycles. The number of carbonyl (C=O) groups excluding carboxylic acids is 2. The Labute approximate surface area is 203 Å².